The van der Waals surface area contributed by atoms with Gasteiger partial charge in [-0.05, 0) is 53.9 Å². The molecule has 2 N–H and O–H groups in total. The van der Waals surface area contributed by atoms with Crippen LogP contribution in [0.5, 0.6) is 5.75 Å². The Labute approximate surface area is 165 Å². The number of pyridine rings is 1. The normalized spacial score (nSPS) is 11.3. The minimum absolute atomic E-state index is 0.154. The topological polar surface area (TPSA) is 80.3 Å². The molecule has 1 aromatic heterocycles. The van der Waals surface area contributed by atoms with Gasteiger partial charge in [-0.25, -0.2) is 13.4 Å². The Kier molecular flexibility index (Phi) is 5.84. The van der Waals surface area contributed by atoms with Gasteiger partial charge in [-0.15, -0.1) is 0 Å². The molecule has 0 radical (unpaired) electrons. The van der Waals surface area contributed by atoms with E-state index in [1.807, 2.05) is 18.2 Å². The molecule has 0 aliphatic carbocycles. The predicted molar refractivity (Wildman–Crippen MR) is 112 cm³/mol. The number of para-hydroxylation sites is 1. The van der Waals surface area contributed by atoms with Crippen LogP contribution in [0.1, 0.15) is 25.3 Å². The number of hydrogen-bond donors (Lipinski definition) is 2. The molecule has 0 saturated heterocycles. The molecule has 7 heteroatoms. The summed E-state index contributed by atoms with van der Waals surface area (Å²) in [6, 6.07) is 17.6. The Morgan fingerprint density at radius 2 is 1.68 bits per heavy atom. The quantitative estimate of drug-likeness (QED) is 0.601. The summed E-state index contributed by atoms with van der Waals surface area (Å²) >= 11 is 0. The van der Waals surface area contributed by atoms with Crippen molar-refractivity contribution in [1.29, 1.82) is 0 Å². The van der Waals surface area contributed by atoms with Crippen molar-refractivity contribution in [3.63, 3.8) is 0 Å². The number of anilines is 3. The molecule has 0 atom stereocenters. The lowest BCUT2D eigenvalue weighted by molar-refractivity contribution is 0.414. The summed E-state index contributed by atoms with van der Waals surface area (Å²) in [6.07, 6.45) is 1.49. The van der Waals surface area contributed by atoms with Gasteiger partial charge in [-0.2, -0.15) is 0 Å². The fraction of sp³-hybridized carbons (Fsp3) is 0.190. The Hall–Kier alpha value is -3.06. The van der Waals surface area contributed by atoms with Crippen molar-refractivity contribution in [2.24, 2.45) is 0 Å². The first-order chi connectivity index (χ1) is 13.4. The first kappa shape index (κ1) is 19.7. The fourth-order valence-electron chi connectivity index (χ4n) is 2.75. The lowest BCUT2D eigenvalue weighted by atomic mass is 10.0. The van der Waals surface area contributed by atoms with Crippen LogP contribution in [0.2, 0.25) is 0 Å². The molecular weight excluding hydrogens is 374 g/mol. The third-order valence-corrected chi connectivity index (χ3v) is 5.63. The van der Waals surface area contributed by atoms with E-state index in [-0.39, 0.29) is 4.90 Å². The number of aromatic nitrogens is 1. The zero-order chi connectivity index (χ0) is 20.1. The second kappa shape index (κ2) is 8.31. The Morgan fingerprint density at radius 1 is 0.964 bits per heavy atom. The minimum atomic E-state index is -3.69. The average molecular weight is 398 g/mol. The highest BCUT2D eigenvalue weighted by atomic mass is 32.2. The van der Waals surface area contributed by atoms with E-state index in [0.717, 1.165) is 5.69 Å². The van der Waals surface area contributed by atoms with Crippen LogP contribution < -0.4 is 14.8 Å². The van der Waals surface area contributed by atoms with E-state index >= 15 is 0 Å². The molecule has 0 saturated carbocycles. The SMILES string of the molecule is COc1ccc(S(=O)(=O)Nc2ccc(Nc3ccccc3C(C)C)nc2)cc1. The van der Waals surface area contributed by atoms with Gasteiger partial charge in [-0.1, -0.05) is 32.0 Å². The maximum absolute atomic E-state index is 12.5. The Morgan fingerprint density at radius 3 is 2.29 bits per heavy atom. The smallest absolute Gasteiger partial charge is 0.261 e. The number of nitrogens with one attached hydrogen (secondary N) is 2. The van der Waals surface area contributed by atoms with Crippen LogP contribution in [-0.4, -0.2) is 20.5 Å². The van der Waals surface area contributed by atoms with Crippen LogP contribution in [0.3, 0.4) is 0 Å². The summed E-state index contributed by atoms with van der Waals surface area (Å²) in [5.74, 6) is 1.61. The molecule has 3 rings (SSSR count). The van der Waals surface area contributed by atoms with Gasteiger partial charge in [0, 0.05) is 5.69 Å². The summed E-state index contributed by atoms with van der Waals surface area (Å²) in [5.41, 5.74) is 2.56. The van der Waals surface area contributed by atoms with Crippen LogP contribution in [0.15, 0.2) is 71.8 Å². The van der Waals surface area contributed by atoms with Crippen LogP contribution in [-0.2, 0) is 10.0 Å². The van der Waals surface area contributed by atoms with Crippen molar-refractivity contribution in [2.45, 2.75) is 24.7 Å². The number of hydrogen-bond acceptors (Lipinski definition) is 5. The molecule has 0 spiro atoms. The summed E-state index contributed by atoms with van der Waals surface area (Å²) in [5, 5.41) is 3.29. The molecule has 28 heavy (non-hydrogen) atoms. The van der Waals surface area contributed by atoms with Crippen molar-refractivity contribution in [3.8, 4) is 5.75 Å². The number of nitrogens with zero attached hydrogens (tertiary/aromatic N) is 1. The molecule has 0 bridgehead atoms. The summed E-state index contributed by atoms with van der Waals surface area (Å²) in [6.45, 7) is 4.26. The van der Waals surface area contributed by atoms with Crippen molar-refractivity contribution < 1.29 is 13.2 Å². The molecule has 0 aliphatic rings. The minimum Gasteiger partial charge on any atom is -0.497 e. The Bertz CT molecular complexity index is 1030. The summed E-state index contributed by atoms with van der Waals surface area (Å²) < 4.78 is 32.6. The standard InChI is InChI=1S/C21H23N3O3S/c1-15(2)19-6-4-5-7-20(19)23-21-13-8-16(14-22-21)24-28(25,26)18-11-9-17(27-3)10-12-18/h4-15,24H,1-3H3,(H,22,23). The van der Waals surface area contributed by atoms with Crippen LogP contribution in [0.25, 0.3) is 0 Å². The fourth-order valence-corrected chi connectivity index (χ4v) is 3.79. The van der Waals surface area contributed by atoms with E-state index in [2.05, 4.69) is 34.9 Å². The monoisotopic (exact) mass is 397 g/mol. The second-order valence-corrected chi connectivity index (χ2v) is 8.26. The van der Waals surface area contributed by atoms with Crippen LogP contribution >= 0.6 is 0 Å². The van der Waals surface area contributed by atoms with Crippen LogP contribution in [0.4, 0.5) is 17.2 Å². The van der Waals surface area contributed by atoms with Gasteiger partial charge in [-0.3, -0.25) is 4.72 Å². The molecule has 0 aliphatic heterocycles. The zero-order valence-corrected chi connectivity index (χ0v) is 16.8. The summed E-state index contributed by atoms with van der Waals surface area (Å²) in [7, 11) is -2.16. The van der Waals surface area contributed by atoms with Crippen molar-refractivity contribution in [3.05, 3.63) is 72.4 Å². The number of rotatable bonds is 7. The number of sulfonamides is 1. The largest absolute Gasteiger partial charge is 0.497 e. The van der Waals surface area contributed by atoms with E-state index in [0.29, 0.717) is 23.2 Å². The van der Waals surface area contributed by atoms with E-state index in [1.165, 1.54) is 31.0 Å². The van der Waals surface area contributed by atoms with Crippen molar-refractivity contribution in [2.75, 3.05) is 17.1 Å². The molecular formula is C21H23N3O3S. The highest BCUT2D eigenvalue weighted by Gasteiger charge is 2.14. The maximum atomic E-state index is 12.5. The van der Waals surface area contributed by atoms with E-state index in [9.17, 15) is 8.42 Å². The van der Waals surface area contributed by atoms with E-state index in [4.69, 9.17) is 4.74 Å². The third kappa shape index (κ3) is 4.61. The molecule has 3 aromatic rings. The number of methoxy groups -OCH3 is 1. The lowest BCUT2D eigenvalue weighted by Crippen LogP contribution is -2.13. The van der Waals surface area contributed by atoms with Gasteiger partial charge in [0.1, 0.15) is 11.6 Å². The number of benzene rings is 2. The van der Waals surface area contributed by atoms with E-state index in [1.54, 1.807) is 24.3 Å². The molecule has 146 valence electrons. The maximum Gasteiger partial charge on any atom is 0.261 e. The predicted octanol–water partition coefficient (Wildman–Crippen LogP) is 4.76. The summed E-state index contributed by atoms with van der Waals surface area (Å²) in [4.78, 5) is 4.48. The highest BCUT2D eigenvalue weighted by molar-refractivity contribution is 7.92. The number of ether oxygens (including phenoxy) is 1. The molecule has 2 aromatic carbocycles. The molecule has 1 heterocycles. The molecule has 6 nitrogen and oxygen atoms in total. The van der Waals surface area contributed by atoms with Gasteiger partial charge in [0.05, 0.1) is 23.9 Å². The van der Waals surface area contributed by atoms with Crippen molar-refractivity contribution in [1.82, 2.24) is 4.98 Å². The van der Waals surface area contributed by atoms with Crippen LogP contribution in [0, 0.1) is 0 Å². The molecule has 0 fully saturated rings. The highest BCUT2D eigenvalue weighted by Crippen LogP contribution is 2.26. The lowest BCUT2D eigenvalue weighted by Gasteiger charge is -2.14. The van der Waals surface area contributed by atoms with Gasteiger partial charge >= 0.3 is 0 Å². The third-order valence-electron chi connectivity index (χ3n) is 4.23. The molecule has 0 amide bonds. The second-order valence-electron chi connectivity index (χ2n) is 6.58. The van der Waals surface area contributed by atoms with E-state index < -0.39 is 10.0 Å². The van der Waals surface area contributed by atoms with Gasteiger partial charge in [0.15, 0.2) is 0 Å². The first-order valence-electron chi connectivity index (χ1n) is 8.88. The average Bonchev–Trinajstić information content (AvgIpc) is 2.69. The molecule has 0 unspecified atom stereocenters. The zero-order valence-electron chi connectivity index (χ0n) is 16.0. The van der Waals surface area contributed by atoms with Gasteiger partial charge in [0.2, 0.25) is 0 Å². The van der Waals surface area contributed by atoms with Gasteiger partial charge < -0.3 is 10.1 Å². The first-order valence-corrected chi connectivity index (χ1v) is 10.4. The Balaban J connectivity index is 1.74. The van der Waals surface area contributed by atoms with Gasteiger partial charge in [0.25, 0.3) is 10.0 Å². The van der Waals surface area contributed by atoms with Crippen molar-refractivity contribution >= 4 is 27.2 Å².